The van der Waals surface area contributed by atoms with E-state index in [1.807, 2.05) is 6.92 Å². The van der Waals surface area contributed by atoms with Crippen LogP contribution in [-0.2, 0) is 0 Å². The number of nitrogens with two attached hydrogens (primary N) is 1. The molecule has 6 heteroatoms. The Morgan fingerprint density at radius 1 is 0.962 bits per heavy atom. The number of benzene rings is 2. The maximum atomic E-state index is 13.1. The van der Waals surface area contributed by atoms with Crippen molar-refractivity contribution < 1.29 is 23.7 Å². The molecule has 26 heavy (non-hydrogen) atoms. The summed E-state index contributed by atoms with van der Waals surface area (Å²) in [7, 11) is 4.52. The summed E-state index contributed by atoms with van der Waals surface area (Å²) in [6, 6.07) is 10.3. The Balaban J connectivity index is 2.37. The summed E-state index contributed by atoms with van der Waals surface area (Å²) in [5, 5.41) is 0. The van der Waals surface area contributed by atoms with Crippen molar-refractivity contribution in [3.05, 3.63) is 42.0 Å². The van der Waals surface area contributed by atoms with Crippen molar-refractivity contribution in [2.24, 2.45) is 0 Å². The molecular formula is C20H25NO5. The SMILES string of the molecule is CCCC(Oc1ccc(N)cc1)C(=O)c1ccc(OC)c(OC)c1OC. The Bertz CT molecular complexity index is 743. The molecule has 0 aliphatic carbocycles. The lowest BCUT2D eigenvalue weighted by Gasteiger charge is -2.20. The van der Waals surface area contributed by atoms with E-state index in [-0.39, 0.29) is 5.78 Å². The van der Waals surface area contributed by atoms with Gasteiger partial charge in [0.05, 0.1) is 26.9 Å². The highest BCUT2D eigenvalue weighted by molar-refractivity contribution is 6.03. The van der Waals surface area contributed by atoms with Crippen LogP contribution in [0.15, 0.2) is 36.4 Å². The molecule has 0 saturated heterocycles. The fraction of sp³-hybridized carbons (Fsp3) is 0.350. The first-order valence-electron chi connectivity index (χ1n) is 8.41. The van der Waals surface area contributed by atoms with Crippen molar-refractivity contribution in [1.29, 1.82) is 0 Å². The number of rotatable bonds is 9. The molecule has 2 rings (SSSR count). The fourth-order valence-electron chi connectivity index (χ4n) is 2.69. The average molecular weight is 359 g/mol. The van der Waals surface area contributed by atoms with Crippen molar-refractivity contribution in [3.63, 3.8) is 0 Å². The van der Waals surface area contributed by atoms with Crippen molar-refractivity contribution in [2.75, 3.05) is 27.1 Å². The number of nitrogen functional groups attached to an aromatic ring is 1. The third kappa shape index (κ3) is 4.20. The van der Waals surface area contributed by atoms with Gasteiger partial charge in [-0.1, -0.05) is 13.3 Å². The van der Waals surface area contributed by atoms with Gasteiger partial charge in [-0.3, -0.25) is 4.79 Å². The zero-order valence-corrected chi connectivity index (χ0v) is 15.6. The number of ether oxygens (including phenoxy) is 4. The number of Topliss-reactive ketones (excluding diaryl/α,β-unsaturated/α-hetero) is 1. The third-order valence-electron chi connectivity index (χ3n) is 3.97. The summed E-state index contributed by atoms with van der Waals surface area (Å²) in [6.07, 6.45) is 0.720. The number of carbonyl (C=O) groups is 1. The standard InChI is InChI=1S/C20H25NO5/c1-5-6-16(26-14-9-7-13(21)8-10-14)18(22)15-11-12-17(23-2)20(25-4)19(15)24-3/h7-12,16H,5-6,21H2,1-4H3. The Morgan fingerprint density at radius 3 is 2.15 bits per heavy atom. The fourth-order valence-corrected chi connectivity index (χ4v) is 2.69. The average Bonchev–Trinajstić information content (AvgIpc) is 2.67. The van der Waals surface area contributed by atoms with E-state index in [1.54, 1.807) is 36.4 Å². The van der Waals surface area contributed by atoms with Crippen LogP contribution in [0.4, 0.5) is 5.69 Å². The largest absolute Gasteiger partial charge is 0.493 e. The summed E-state index contributed by atoms with van der Waals surface area (Å²) in [5.74, 6) is 1.61. The lowest BCUT2D eigenvalue weighted by atomic mass is 10.0. The lowest BCUT2D eigenvalue weighted by Crippen LogP contribution is -2.28. The van der Waals surface area contributed by atoms with Gasteiger partial charge in [0, 0.05) is 5.69 Å². The molecule has 1 atom stereocenters. The molecule has 2 aromatic rings. The molecule has 0 bridgehead atoms. The van der Waals surface area contributed by atoms with Crippen LogP contribution < -0.4 is 24.7 Å². The molecule has 0 aliphatic heterocycles. The summed E-state index contributed by atoms with van der Waals surface area (Å²) >= 11 is 0. The van der Waals surface area contributed by atoms with Crippen LogP contribution >= 0.6 is 0 Å². The molecular weight excluding hydrogens is 334 g/mol. The molecule has 2 aromatic carbocycles. The molecule has 0 radical (unpaired) electrons. The van der Waals surface area contributed by atoms with Crippen molar-refractivity contribution in [2.45, 2.75) is 25.9 Å². The molecule has 0 aromatic heterocycles. The number of hydrogen-bond donors (Lipinski definition) is 1. The minimum atomic E-state index is -0.643. The molecule has 1 unspecified atom stereocenters. The van der Waals surface area contributed by atoms with Gasteiger partial charge in [0.2, 0.25) is 11.5 Å². The third-order valence-corrected chi connectivity index (χ3v) is 3.97. The molecule has 0 spiro atoms. The van der Waals surface area contributed by atoms with E-state index >= 15 is 0 Å². The maximum Gasteiger partial charge on any atom is 0.207 e. The van der Waals surface area contributed by atoms with Crippen LogP contribution in [0, 0.1) is 0 Å². The zero-order valence-electron chi connectivity index (χ0n) is 15.6. The zero-order chi connectivity index (χ0) is 19.1. The molecule has 140 valence electrons. The molecule has 0 fully saturated rings. The number of hydrogen-bond acceptors (Lipinski definition) is 6. The van der Waals surface area contributed by atoms with Gasteiger partial charge in [-0.05, 0) is 42.8 Å². The predicted octanol–water partition coefficient (Wildman–Crippen LogP) is 3.73. The summed E-state index contributed by atoms with van der Waals surface area (Å²) in [5.41, 5.74) is 6.72. The highest BCUT2D eigenvalue weighted by Gasteiger charge is 2.27. The van der Waals surface area contributed by atoms with Gasteiger partial charge in [-0.2, -0.15) is 0 Å². The minimum Gasteiger partial charge on any atom is -0.493 e. The molecule has 0 aliphatic rings. The van der Waals surface area contributed by atoms with E-state index in [2.05, 4.69) is 0 Å². The second-order valence-corrected chi connectivity index (χ2v) is 5.71. The minimum absolute atomic E-state index is 0.179. The highest BCUT2D eigenvalue weighted by Crippen LogP contribution is 2.40. The Labute approximate surface area is 153 Å². The molecule has 6 nitrogen and oxygen atoms in total. The first-order chi connectivity index (χ1) is 12.5. The molecule has 0 saturated carbocycles. The first kappa shape index (κ1) is 19.4. The number of carbonyl (C=O) groups excluding carboxylic acids is 1. The smallest absolute Gasteiger partial charge is 0.207 e. The second-order valence-electron chi connectivity index (χ2n) is 5.71. The van der Waals surface area contributed by atoms with E-state index in [9.17, 15) is 4.79 Å². The van der Waals surface area contributed by atoms with Gasteiger partial charge < -0.3 is 24.7 Å². The predicted molar refractivity (Wildman–Crippen MR) is 101 cm³/mol. The summed E-state index contributed by atoms with van der Waals surface area (Å²) in [6.45, 7) is 2.00. The quantitative estimate of drug-likeness (QED) is 0.543. The van der Waals surface area contributed by atoms with E-state index < -0.39 is 6.10 Å². The van der Waals surface area contributed by atoms with Gasteiger partial charge in [0.1, 0.15) is 5.75 Å². The van der Waals surface area contributed by atoms with E-state index in [4.69, 9.17) is 24.7 Å². The number of anilines is 1. The lowest BCUT2D eigenvalue weighted by molar-refractivity contribution is 0.0773. The van der Waals surface area contributed by atoms with E-state index in [1.165, 1.54) is 21.3 Å². The Kier molecular flexibility index (Phi) is 6.72. The highest BCUT2D eigenvalue weighted by atomic mass is 16.5. The summed E-state index contributed by atoms with van der Waals surface area (Å²) < 4.78 is 22.0. The van der Waals surface area contributed by atoms with Gasteiger partial charge in [0.15, 0.2) is 17.6 Å². The van der Waals surface area contributed by atoms with Crippen LogP contribution in [0.5, 0.6) is 23.0 Å². The van der Waals surface area contributed by atoms with Crippen molar-refractivity contribution >= 4 is 11.5 Å². The van der Waals surface area contributed by atoms with Gasteiger partial charge >= 0.3 is 0 Å². The van der Waals surface area contributed by atoms with Crippen LogP contribution in [0.1, 0.15) is 30.1 Å². The van der Waals surface area contributed by atoms with Gasteiger partial charge in [0.25, 0.3) is 0 Å². The van der Waals surface area contributed by atoms with Crippen LogP contribution in [-0.4, -0.2) is 33.2 Å². The number of ketones is 1. The van der Waals surface area contributed by atoms with Crippen molar-refractivity contribution in [3.8, 4) is 23.0 Å². The van der Waals surface area contributed by atoms with Gasteiger partial charge in [-0.25, -0.2) is 0 Å². The first-order valence-corrected chi connectivity index (χ1v) is 8.41. The van der Waals surface area contributed by atoms with Crippen LogP contribution in [0.2, 0.25) is 0 Å². The molecule has 2 N–H and O–H groups in total. The van der Waals surface area contributed by atoms with E-state index in [0.29, 0.717) is 40.7 Å². The molecule has 0 heterocycles. The normalized spacial score (nSPS) is 11.5. The second kappa shape index (κ2) is 8.99. The van der Waals surface area contributed by atoms with E-state index in [0.717, 1.165) is 6.42 Å². The molecule has 0 amide bonds. The van der Waals surface area contributed by atoms with Gasteiger partial charge in [-0.15, -0.1) is 0 Å². The maximum absolute atomic E-state index is 13.1. The monoisotopic (exact) mass is 359 g/mol. The summed E-state index contributed by atoms with van der Waals surface area (Å²) in [4.78, 5) is 13.1. The Morgan fingerprint density at radius 2 is 1.62 bits per heavy atom. The topological polar surface area (TPSA) is 80.0 Å². The van der Waals surface area contributed by atoms with Crippen LogP contribution in [0.3, 0.4) is 0 Å². The van der Waals surface area contributed by atoms with Crippen LogP contribution in [0.25, 0.3) is 0 Å². The Hall–Kier alpha value is -2.89. The number of methoxy groups -OCH3 is 3. The van der Waals surface area contributed by atoms with Crippen molar-refractivity contribution in [1.82, 2.24) is 0 Å².